The Morgan fingerprint density at radius 3 is 1.55 bits per heavy atom. The van der Waals surface area contributed by atoms with E-state index in [0.29, 0.717) is 5.75 Å². The fourth-order valence-electron chi connectivity index (χ4n) is 4.10. The van der Waals surface area contributed by atoms with Crippen LogP contribution in [0, 0.1) is 0 Å². The van der Waals surface area contributed by atoms with Crippen LogP contribution in [0.1, 0.15) is 120 Å². The van der Waals surface area contributed by atoms with Gasteiger partial charge in [-0.2, -0.15) is 0 Å². The van der Waals surface area contributed by atoms with Crippen molar-refractivity contribution in [2.75, 3.05) is 12.4 Å². The van der Waals surface area contributed by atoms with Crippen LogP contribution in [0.2, 0.25) is 0 Å². The highest BCUT2D eigenvalue weighted by molar-refractivity contribution is 8.13. The molecule has 0 aliphatic heterocycles. The number of carbonyl (C=O) groups is 6. The van der Waals surface area contributed by atoms with Crippen LogP contribution in [0.3, 0.4) is 0 Å². The summed E-state index contributed by atoms with van der Waals surface area (Å²) >= 11 is 0.882. The second-order valence-corrected chi connectivity index (χ2v) is 12.6. The molecule has 0 rings (SSSR count). The fourth-order valence-corrected chi connectivity index (χ4v) is 5.00. The van der Waals surface area contributed by atoms with Gasteiger partial charge in [-0.05, 0) is 27.2 Å². The summed E-state index contributed by atoms with van der Waals surface area (Å²) < 4.78 is 31.6. The molecule has 0 N–H and O–H groups in total. The summed E-state index contributed by atoms with van der Waals surface area (Å²) in [4.78, 5) is 74.0. The normalized spacial score (nSPS) is 13.9. The number of thioether (sulfide) groups is 1. The van der Waals surface area contributed by atoms with Crippen molar-refractivity contribution in [3.8, 4) is 0 Å². The molecule has 254 valence electrons. The van der Waals surface area contributed by atoms with Crippen molar-refractivity contribution >= 4 is 46.9 Å². The van der Waals surface area contributed by atoms with Crippen molar-refractivity contribution in [3.63, 3.8) is 0 Å². The quantitative estimate of drug-likeness (QED) is 0.0830. The van der Waals surface area contributed by atoms with E-state index < -0.39 is 71.8 Å². The first-order valence-electron chi connectivity index (χ1n) is 15.3. The average molecular weight is 649 g/mol. The van der Waals surface area contributed by atoms with Crippen molar-refractivity contribution in [2.24, 2.45) is 0 Å². The Morgan fingerprint density at radius 2 is 1.09 bits per heavy atom. The molecule has 0 fully saturated rings. The Morgan fingerprint density at radius 1 is 0.614 bits per heavy atom. The van der Waals surface area contributed by atoms with Crippen LogP contribution < -0.4 is 0 Å². The molecule has 0 aliphatic rings. The number of hydrogen-bond donors (Lipinski definition) is 0. The SMILES string of the molecule is CCCCCCCCCCCCSC(=O)[C@H](OC(C)=O)[C@@H](OC(C)=O)[C@H](OC(C)=O)[C@@H](COC(C)=O)OC(=O)OC(C)(C)C. The lowest BCUT2D eigenvalue weighted by Crippen LogP contribution is -2.55. The molecule has 0 heterocycles. The van der Waals surface area contributed by atoms with Gasteiger partial charge in [0.1, 0.15) is 12.2 Å². The standard InChI is InChI=1S/C31H52O12S/c1-9-10-11-12-13-14-15-16-17-18-19-44-29(36)28(41-24(5)35)27(40-23(4)34)26(39-22(3)33)25(20-38-21(2)32)42-30(37)43-31(6,7)8/h25-28H,9-20H2,1-8H3/t25-,26-,27+,28-/m1/s1. The third kappa shape index (κ3) is 21.0. The molecule has 44 heavy (non-hydrogen) atoms. The molecule has 0 aliphatic carbocycles. The molecule has 0 aromatic rings. The summed E-state index contributed by atoms with van der Waals surface area (Å²) in [5.74, 6) is -3.02. The molecule has 0 aromatic heterocycles. The zero-order valence-corrected chi connectivity index (χ0v) is 28.4. The molecule has 0 unspecified atom stereocenters. The van der Waals surface area contributed by atoms with E-state index in [0.717, 1.165) is 65.1 Å². The van der Waals surface area contributed by atoms with Gasteiger partial charge >= 0.3 is 30.0 Å². The Labute approximate surface area is 265 Å². The van der Waals surface area contributed by atoms with Gasteiger partial charge in [0.05, 0.1) is 0 Å². The van der Waals surface area contributed by atoms with Gasteiger partial charge in [0.25, 0.3) is 0 Å². The molecule has 0 spiro atoms. The summed E-state index contributed by atoms with van der Waals surface area (Å²) in [5, 5.41) is -0.664. The minimum Gasteiger partial charge on any atom is -0.462 e. The zero-order chi connectivity index (χ0) is 33.7. The van der Waals surface area contributed by atoms with Crippen molar-refractivity contribution in [3.05, 3.63) is 0 Å². The lowest BCUT2D eigenvalue weighted by atomic mass is 10.0. The third-order valence-corrected chi connectivity index (χ3v) is 6.96. The monoisotopic (exact) mass is 648 g/mol. The maximum absolute atomic E-state index is 13.4. The molecular weight excluding hydrogens is 596 g/mol. The highest BCUT2D eigenvalue weighted by atomic mass is 32.2. The van der Waals surface area contributed by atoms with Crippen LogP contribution in [-0.2, 0) is 52.4 Å². The number of carbonyl (C=O) groups excluding carboxylic acids is 6. The first kappa shape index (κ1) is 41.2. The van der Waals surface area contributed by atoms with E-state index in [-0.39, 0.29) is 0 Å². The first-order chi connectivity index (χ1) is 20.6. The van der Waals surface area contributed by atoms with E-state index in [4.69, 9.17) is 28.4 Å². The van der Waals surface area contributed by atoms with E-state index >= 15 is 0 Å². The van der Waals surface area contributed by atoms with E-state index in [1.54, 1.807) is 20.8 Å². The first-order valence-corrected chi connectivity index (χ1v) is 16.3. The Bertz CT molecular complexity index is 914. The predicted molar refractivity (Wildman–Crippen MR) is 164 cm³/mol. The van der Waals surface area contributed by atoms with E-state index in [1.165, 1.54) is 38.5 Å². The van der Waals surface area contributed by atoms with E-state index in [1.807, 2.05) is 0 Å². The Kier molecular flexibility index (Phi) is 21.2. The summed E-state index contributed by atoms with van der Waals surface area (Å²) in [6, 6.07) is 0. The van der Waals surface area contributed by atoms with Gasteiger partial charge in [0, 0.05) is 33.4 Å². The lowest BCUT2D eigenvalue weighted by molar-refractivity contribution is -0.197. The highest BCUT2D eigenvalue weighted by Gasteiger charge is 2.47. The molecule has 4 atom stereocenters. The second-order valence-electron chi connectivity index (χ2n) is 11.5. The van der Waals surface area contributed by atoms with Crippen molar-refractivity contribution in [1.82, 2.24) is 0 Å². The predicted octanol–water partition coefficient (Wildman–Crippen LogP) is 5.85. The van der Waals surface area contributed by atoms with Gasteiger partial charge in [-0.3, -0.25) is 24.0 Å². The molecule has 0 bridgehead atoms. The van der Waals surface area contributed by atoms with Crippen LogP contribution in [-0.4, -0.2) is 77.5 Å². The molecule has 0 radical (unpaired) electrons. The Hall–Kier alpha value is -2.83. The van der Waals surface area contributed by atoms with Gasteiger partial charge in [0.15, 0.2) is 18.3 Å². The topological polar surface area (TPSA) is 158 Å². The smallest absolute Gasteiger partial charge is 0.462 e. The lowest BCUT2D eigenvalue weighted by Gasteiger charge is -2.34. The van der Waals surface area contributed by atoms with Crippen LogP contribution >= 0.6 is 11.8 Å². The van der Waals surface area contributed by atoms with Gasteiger partial charge in [-0.15, -0.1) is 0 Å². The van der Waals surface area contributed by atoms with Gasteiger partial charge in [-0.25, -0.2) is 4.79 Å². The van der Waals surface area contributed by atoms with E-state index in [2.05, 4.69) is 6.92 Å². The molecule has 12 nitrogen and oxygen atoms in total. The maximum Gasteiger partial charge on any atom is 0.509 e. The summed E-state index contributed by atoms with van der Waals surface area (Å²) in [6.07, 6.45) is 3.12. The molecule has 0 amide bonds. The number of ether oxygens (including phenoxy) is 6. The molecule has 0 saturated carbocycles. The van der Waals surface area contributed by atoms with Gasteiger partial charge < -0.3 is 28.4 Å². The second kappa shape index (κ2) is 22.6. The molecule has 13 heteroatoms. The highest BCUT2D eigenvalue weighted by Crippen LogP contribution is 2.25. The Balaban J connectivity index is 5.86. The zero-order valence-electron chi connectivity index (χ0n) is 27.6. The molecule has 0 aromatic carbocycles. The van der Waals surface area contributed by atoms with Gasteiger partial charge in [-0.1, -0.05) is 76.5 Å². The molecular formula is C31H52O12S. The number of esters is 4. The average Bonchev–Trinajstić information content (AvgIpc) is 2.88. The number of rotatable bonds is 21. The van der Waals surface area contributed by atoms with Crippen LogP contribution in [0.4, 0.5) is 4.79 Å². The number of hydrogen-bond acceptors (Lipinski definition) is 13. The molecule has 0 saturated heterocycles. The maximum atomic E-state index is 13.4. The summed E-state index contributed by atoms with van der Waals surface area (Å²) in [7, 11) is 0. The minimum atomic E-state index is -1.75. The van der Waals surface area contributed by atoms with E-state index in [9.17, 15) is 28.8 Å². The summed E-state index contributed by atoms with van der Waals surface area (Å²) in [6.45, 7) is 10.5. The summed E-state index contributed by atoms with van der Waals surface area (Å²) in [5.41, 5.74) is -0.975. The fraction of sp³-hybridized carbons (Fsp3) is 0.806. The van der Waals surface area contributed by atoms with Crippen LogP contribution in [0.5, 0.6) is 0 Å². The largest absolute Gasteiger partial charge is 0.509 e. The van der Waals surface area contributed by atoms with Crippen LogP contribution in [0.25, 0.3) is 0 Å². The third-order valence-electron chi connectivity index (χ3n) is 5.95. The van der Waals surface area contributed by atoms with Crippen molar-refractivity contribution in [2.45, 2.75) is 150 Å². The number of unbranched alkanes of at least 4 members (excludes halogenated alkanes) is 9. The minimum absolute atomic E-state index is 0.406. The van der Waals surface area contributed by atoms with Gasteiger partial charge in [0.2, 0.25) is 11.2 Å². The van der Waals surface area contributed by atoms with Crippen molar-refractivity contribution in [1.29, 1.82) is 0 Å². The van der Waals surface area contributed by atoms with Crippen LogP contribution in [0.15, 0.2) is 0 Å². The van der Waals surface area contributed by atoms with Crippen molar-refractivity contribution < 1.29 is 57.2 Å².